The minimum Gasteiger partial charge on any atom is -0.497 e. The van der Waals surface area contributed by atoms with Crippen LogP contribution in [0, 0.1) is 0 Å². The van der Waals surface area contributed by atoms with Crippen LogP contribution in [0.1, 0.15) is 39.2 Å². The number of hydrogen-bond donors (Lipinski definition) is 2. The van der Waals surface area contributed by atoms with Crippen molar-refractivity contribution in [2.75, 3.05) is 13.7 Å². The van der Waals surface area contributed by atoms with Crippen molar-refractivity contribution in [3.8, 4) is 5.75 Å². The summed E-state index contributed by atoms with van der Waals surface area (Å²) in [5.41, 5.74) is 6.79. The van der Waals surface area contributed by atoms with E-state index in [0.717, 1.165) is 24.2 Å². The molecule has 0 aromatic heterocycles. The van der Waals surface area contributed by atoms with Crippen LogP contribution in [0.5, 0.6) is 5.75 Å². The topological polar surface area (TPSA) is 73.6 Å². The monoisotopic (exact) mass is 344 g/mol. The van der Waals surface area contributed by atoms with Crippen molar-refractivity contribution in [1.29, 1.82) is 0 Å². The maximum absolute atomic E-state index is 12.0. The van der Waals surface area contributed by atoms with Gasteiger partial charge in [-0.05, 0) is 37.5 Å². The van der Waals surface area contributed by atoms with Crippen LogP contribution in [-0.4, -0.2) is 31.2 Å². The molecule has 1 rings (SSSR count). The highest BCUT2D eigenvalue weighted by Gasteiger charge is 2.22. The summed E-state index contributed by atoms with van der Waals surface area (Å²) in [6.07, 6.45) is 1.12. The summed E-state index contributed by atoms with van der Waals surface area (Å²) in [4.78, 5) is 12.0. The first-order chi connectivity index (χ1) is 10.4. The molecule has 0 saturated carbocycles. The fourth-order valence-corrected chi connectivity index (χ4v) is 1.97. The first-order valence-corrected chi connectivity index (χ1v) is 7.75. The van der Waals surface area contributed by atoms with Gasteiger partial charge in [0.05, 0.1) is 13.7 Å². The van der Waals surface area contributed by atoms with Crippen molar-refractivity contribution in [2.45, 2.75) is 51.9 Å². The van der Waals surface area contributed by atoms with Gasteiger partial charge < -0.3 is 20.5 Å². The van der Waals surface area contributed by atoms with E-state index in [-0.39, 0.29) is 23.9 Å². The minimum absolute atomic E-state index is 0. The second kappa shape index (κ2) is 10.5. The maximum atomic E-state index is 12.0. The number of carbonyl (C=O) groups excluding carboxylic acids is 1. The molecule has 1 aromatic carbocycles. The maximum Gasteiger partial charge on any atom is 0.248 e. The summed E-state index contributed by atoms with van der Waals surface area (Å²) < 4.78 is 10.8. The van der Waals surface area contributed by atoms with Crippen LogP contribution in [0.4, 0.5) is 0 Å². The number of hydrogen-bond acceptors (Lipinski definition) is 4. The fourth-order valence-electron chi connectivity index (χ4n) is 1.97. The number of methoxy groups -OCH3 is 1. The standard InChI is InChI=1S/C17H28N2O3.ClH/c1-5-17(18,6-2)12-19-16(20)13(3)22-11-14-8-7-9-15(10-14)21-4;/h7-10,13H,5-6,11-12,18H2,1-4H3,(H,19,20);1H. The van der Waals surface area contributed by atoms with Gasteiger partial charge in [-0.15, -0.1) is 12.4 Å². The zero-order valence-corrected chi connectivity index (χ0v) is 15.2. The number of nitrogens with two attached hydrogens (primary N) is 1. The number of benzene rings is 1. The molecule has 0 saturated heterocycles. The minimum atomic E-state index is -0.524. The Morgan fingerprint density at radius 3 is 2.57 bits per heavy atom. The van der Waals surface area contributed by atoms with Gasteiger partial charge in [0, 0.05) is 12.1 Å². The molecule has 23 heavy (non-hydrogen) atoms. The Bertz CT molecular complexity index is 479. The second-order valence-electron chi connectivity index (χ2n) is 5.59. The van der Waals surface area contributed by atoms with E-state index in [1.165, 1.54) is 0 Å². The zero-order chi connectivity index (χ0) is 16.6. The summed E-state index contributed by atoms with van der Waals surface area (Å²) in [5, 5.41) is 2.87. The Kier molecular flexibility index (Phi) is 9.88. The first-order valence-electron chi connectivity index (χ1n) is 7.75. The molecule has 132 valence electrons. The number of amides is 1. The predicted octanol–water partition coefficient (Wildman–Crippen LogP) is 2.66. The molecular weight excluding hydrogens is 316 g/mol. The average Bonchev–Trinajstić information content (AvgIpc) is 2.57. The number of halogens is 1. The van der Waals surface area contributed by atoms with Gasteiger partial charge in [0.1, 0.15) is 11.9 Å². The molecule has 0 radical (unpaired) electrons. The molecule has 1 unspecified atom stereocenters. The lowest BCUT2D eigenvalue weighted by Crippen LogP contribution is -2.51. The van der Waals surface area contributed by atoms with Gasteiger partial charge in [0.15, 0.2) is 0 Å². The van der Waals surface area contributed by atoms with Gasteiger partial charge in [0.25, 0.3) is 0 Å². The Hall–Kier alpha value is -1.30. The van der Waals surface area contributed by atoms with Crippen molar-refractivity contribution in [2.24, 2.45) is 5.73 Å². The molecule has 0 aliphatic carbocycles. The van der Waals surface area contributed by atoms with E-state index < -0.39 is 6.10 Å². The van der Waals surface area contributed by atoms with Crippen molar-refractivity contribution in [3.05, 3.63) is 29.8 Å². The van der Waals surface area contributed by atoms with E-state index in [9.17, 15) is 4.79 Å². The van der Waals surface area contributed by atoms with Gasteiger partial charge in [-0.3, -0.25) is 4.79 Å². The Morgan fingerprint density at radius 2 is 2.00 bits per heavy atom. The molecular formula is C17H29ClN2O3. The molecule has 0 heterocycles. The fraction of sp³-hybridized carbons (Fsp3) is 0.588. The Labute approximate surface area is 145 Å². The predicted molar refractivity (Wildman–Crippen MR) is 95.0 cm³/mol. The third-order valence-corrected chi connectivity index (χ3v) is 4.03. The van der Waals surface area contributed by atoms with Gasteiger partial charge >= 0.3 is 0 Å². The SMILES string of the molecule is CCC(N)(CC)CNC(=O)C(C)OCc1cccc(OC)c1.Cl. The van der Waals surface area contributed by atoms with Crippen LogP contribution in [0.3, 0.4) is 0 Å². The molecule has 0 aliphatic rings. The average molecular weight is 345 g/mol. The smallest absolute Gasteiger partial charge is 0.248 e. The van der Waals surface area contributed by atoms with E-state index in [1.807, 2.05) is 38.1 Å². The van der Waals surface area contributed by atoms with Crippen molar-refractivity contribution in [3.63, 3.8) is 0 Å². The number of nitrogens with one attached hydrogen (secondary N) is 1. The summed E-state index contributed by atoms with van der Waals surface area (Å²) in [5.74, 6) is 0.636. The van der Waals surface area contributed by atoms with Crippen molar-refractivity contribution in [1.82, 2.24) is 5.32 Å². The van der Waals surface area contributed by atoms with Gasteiger partial charge in [-0.2, -0.15) is 0 Å². The lowest BCUT2D eigenvalue weighted by Gasteiger charge is -2.27. The molecule has 1 aromatic rings. The Balaban J connectivity index is 0.00000484. The first kappa shape index (κ1) is 21.7. The normalized spacial score (nSPS) is 12.2. The summed E-state index contributed by atoms with van der Waals surface area (Å²) in [7, 11) is 1.62. The summed E-state index contributed by atoms with van der Waals surface area (Å²) in [6.45, 7) is 6.62. The highest BCUT2D eigenvalue weighted by atomic mass is 35.5. The number of ether oxygens (including phenoxy) is 2. The van der Waals surface area contributed by atoms with E-state index in [2.05, 4.69) is 5.32 Å². The molecule has 6 heteroatoms. The van der Waals surface area contributed by atoms with Crippen LogP contribution < -0.4 is 15.8 Å². The quantitative estimate of drug-likeness (QED) is 0.722. The highest BCUT2D eigenvalue weighted by Crippen LogP contribution is 2.14. The van der Waals surface area contributed by atoms with Crippen molar-refractivity contribution >= 4 is 18.3 Å². The van der Waals surface area contributed by atoms with Crippen LogP contribution >= 0.6 is 12.4 Å². The molecule has 0 aliphatic heterocycles. The van der Waals surface area contributed by atoms with Crippen LogP contribution in [0.25, 0.3) is 0 Å². The lowest BCUT2D eigenvalue weighted by atomic mass is 9.94. The zero-order valence-electron chi connectivity index (χ0n) is 14.4. The van der Waals surface area contributed by atoms with E-state index in [0.29, 0.717) is 13.2 Å². The molecule has 0 fully saturated rings. The van der Waals surface area contributed by atoms with E-state index in [4.69, 9.17) is 15.2 Å². The molecule has 1 amide bonds. The second-order valence-corrected chi connectivity index (χ2v) is 5.59. The van der Waals surface area contributed by atoms with Crippen LogP contribution in [0.2, 0.25) is 0 Å². The molecule has 0 bridgehead atoms. The van der Waals surface area contributed by atoms with E-state index >= 15 is 0 Å². The van der Waals surface area contributed by atoms with Gasteiger partial charge in [0.2, 0.25) is 5.91 Å². The molecule has 0 spiro atoms. The van der Waals surface area contributed by atoms with Crippen molar-refractivity contribution < 1.29 is 14.3 Å². The summed E-state index contributed by atoms with van der Waals surface area (Å²) in [6, 6.07) is 7.60. The summed E-state index contributed by atoms with van der Waals surface area (Å²) >= 11 is 0. The number of rotatable bonds is 9. The van der Waals surface area contributed by atoms with Crippen LogP contribution in [0.15, 0.2) is 24.3 Å². The van der Waals surface area contributed by atoms with Gasteiger partial charge in [-0.25, -0.2) is 0 Å². The largest absolute Gasteiger partial charge is 0.497 e. The van der Waals surface area contributed by atoms with E-state index in [1.54, 1.807) is 14.0 Å². The third kappa shape index (κ3) is 7.20. The van der Waals surface area contributed by atoms with Gasteiger partial charge in [-0.1, -0.05) is 26.0 Å². The van der Waals surface area contributed by atoms with Crippen LogP contribution in [-0.2, 0) is 16.1 Å². The highest BCUT2D eigenvalue weighted by molar-refractivity contribution is 5.85. The lowest BCUT2D eigenvalue weighted by molar-refractivity contribution is -0.132. The molecule has 5 nitrogen and oxygen atoms in total. The number of carbonyl (C=O) groups is 1. The Morgan fingerprint density at radius 1 is 1.35 bits per heavy atom. The molecule has 1 atom stereocenters. The third-order valence-electron chi connectivity index (χ3n) is 4.03. The molecule has 3 N–H and O–H groups in total.